The minimum Gasteiger partial charge on any atom is -0.316 e. The Balaban J connectivity index is 1.42. The quantitative estimate of drug-likeness (QED) is 0.483. The van der Waals surface area contributed by atoms with E-state index in [1.807, 2.05) is 11.6 Å². The number of fused-ring (bicyclic) bond motifs is 1. The Labute approximate surface area is 194 Å². The first-order chi connectivity index (χ1) is 14.9. The van der Waals surface area contributed by atoms with E-state index in [0.717, 1.165) is 36.2 Å². The van der Waals surface area contributed by atoms with Crippen molar-refractivity contribution >= 4 is 45.3 Å². The molecule has 4 rings (SSSR count). The second-order valence-corrected chi connectivity index (χ2v) is 11.3. The summed E-state index contributed by atoms with van der Waals surface area (Å²) in [4.78, 5) is 15.2. The maximum atomic E-state index is 12.6. The van der Waals surface area contributed by atoms with E-state index in [9.17, 15) is 10.1 Å². The molecule has 0 spiro atoms. The minimum absolute atomic E-state index is 0.129. The van der Waals surface area contributed by atoms with E-state index in [1.54, 1.807) is 22.7 Å². The summed E-state index contributed by atoms with van der Waals surface area (Å²) in [5.41, 5.74) is 2.82. The molecule has 0 bridgehead atoms. The number of aromatic nitrogens is 3. The molecule has 0 radical (unpaired) electrons. The Morgan fingerprint density at radius 2 is 2.26 bits per heavy atom. The third-order valence-corrected chi connectivity index (χ3v) is 8.91. The fraction of sp³-hybridized carbons (Fsp3) is 0.455. The topological polar surface area (TPSA) is 83.6 Å². The molecule has 1 aliphatic rings. The first kappa shape index (κ1) is 22.1. The van der Waals surface area contributed by atoms with Crippen LogP contribution in [0.15, 0.2) is 16.6 Å². The molecule has 0 aliphatic heterocycles. The van der Waals surface area contributed by atoms with Crippen molar-refractivity contribution < 1.29 is 4.79 Å². The Bertz CT molecular complexity index is 1150. The molecule has 3 aromatic rings. The van der Waals surface area contributed by atoms with Crippen LogP contribution in [-0.2, 0) is 24.7 Å². The predicted molar refractivity (Wildman–Crippen MR) is 128 cm³/mol. The molecule has 162 valence electrons. The second-order valence-electron chi connectivity index (χ2n) is 8.26. The molecule has 0 fully saturated rings. The lowest BCUT2D eigenvalue weighted by Gasteiger charge is -2.17. The molecular weight excluding hydrogens is 446 g/mol. The van der Waals surface area contributed by atoms with Crippen molar-refractivity contribution in [2.24, 2.45) is 13.0 Å². The third kappa shape index (κ3) is 4.56. The Morgan fingerprint density at radius 3 is 2.97 bits per heavy atom. The highest BCUT2D eigenvalue weighted by atomic mass is 32.2. The van der Waals surface area contributed by atoms with E-state index in [0.29, 0.717) is 27.6 Å². The highest BCUT2D eigenvalue weighted by Gasteiger charge is 2.25. The summed E-state index contributed by atoms with van der Waals surface area (Å²) in [6.45, 7) is 6.58. The zero-order valence-electron chi connectivity index (χ0n) is 18.1. The standard InChI is InChI=1S/C22H25N5OS3/c1-12(2)17-8-14(10-29-17)20-25-26-22(27(20)4)30-11-19(28)24-21-16(9-23)15-6-5-13(3)7-18(15)31-21/h8,10,12-13H,5-7,11H2,1-4H3,(H,24,28). The van der Waals surface area contributed by atoms with Crippen LogP contribution in [0.1, 0.15) is 54.0 Å². The van der Waals surface area contributed by atoms with E-state index in [2.05, 4.69) is 53.8 Å². The number of thiophene rings is 2. The number of nitrogens with one attached hydrogen (secondary N) is 1. The summed E-state index contributed by atoms with van der Waals surface area (Å²) in [7, 11) is 1.92. The monoisotopic (exact) mass is 471 g/mol. The first-order valence-corrected chi connectivity index (χ1v) is 13.0. The minimum atomic E-state index is -0.129. The number of hydrogen-bond acceptors (Lipinski definition) is 7. The maximum Gasteiger partial charge on any atom is 0.235 e. The summed E-state index contributed by atoms with van der Waals surface area (Å²) in [6.07, 6.45) is 3.00. The van der Waals surface area contributed by atoms with Gasteiger partial charge in [-0.2, -0.15) is 5.26 Å². The second kappa shape index (κ2) is 9.15. The fourth-order valence-corrected chi connectivity index (χ4v) is 6.71. The van der Waals surface area contributed by atoms with Crippen LogP contribution >= 0.6 is 34.4 Å². The Kier molecular flexibility index (Phi) is 6.51. The lowest BCUT2D eigenvalue weighted by atomic mass is 9.89. The molecule has 1 atom stereocenters. The van der Waals surface area contributed by atoms with E-state index in [-0.39, 0.29) is 11.7 Å². The number of nitriles is 1. The van der Waals surface area contributed by atoms with Crippen molar-refractivity contribution in [2.75, 3.05) is 11.1 Å². The van der Waals surface area contributed by atoms with Crippen LogP contribution in [0, 0.1) is 17.2 Å². The predicted octanol–water partition coefficient (Wildman–Crippen LogP) is 5.46. The molecule has 1 unspecified atom stereocenters. The molecule has 0 saturated carbocycles. The maximum absolute atomic E-state index is 12.6. The summed E-state index contributed by atoms with van der Waals surface area (Å²) >= 11 is 4.64. The van der Waals surface area contributed by atoms with Gasteiger partial charge in [0, 0.05) is 27.7 Å². The van der Waals surface area contributed by atoms with Gasteiger partial charge in [0.15, 0.2) is 11.0 Å². The average molecular weight is 472 g/mol. The fourth-order valence-electron chi connectivity index (χ4n) is 3.71. The van der Waals surface area contributed by atoms with Crippen LogP contribution in [0.25, 0.3) is 11.4 Å². The number of hydrogen-bond donors (Lipinski definition) is 1. The molecular formula is C22H25N5OS3. The van der Waals surface area contributed by atoms with Crippen LogP contribution in [0.5, 0.6) is 0 Å². The normalized spacial score (nSPS) is 15.7. The summed E-state index contributed by atoms with van der Waals surface area (Å²) < 4.78 is 1.93. The largest absolute Gasteiger partial charge is 0.316 e. The van der Waals surface area contributed by atoms with Crippen LogP contribution in [0.3, 0.4) is 0 Å². The third-order valence-electron chi connectivity index (χ3n) is 5.49. The van der Waals surface area contributed by atoms with Gasteiger partial charge in [-0.15, -0.1) is 32.9 Å². The van der Waals surface area contributed by atoms with Crippen LogP contribution in [0.4, 0.5) is 5.00 Å². The number of amides is 1. The summed E-state index contributed by atoms with van der Waals surface area (Å²) in [5.74, 6) is 2.00. The van der Waals surface area contributed by atoms with Gasteiger partial charge < -0.3 is 9.88 Å². The van der Waals surface area contributed by atoms with Crippen molar-refractivity contribution in [3.05, 3.63) is 32.3 Å². The zero-order valence-corrected chi connectivity index (χ0v) is 20.5. The van der Waals surface area contributed by atoms with Crippen LogP contribution < -0.4 is 5.32 Å². The van der Waals surface area contributed by atoms with Crippen molar-refractivity contribution in [1.82, 2.24) is 14.8 Å². The van der Waals surface area contributed by atoms with Crippen molar-refractivity contribution in [2.45, 2.75) is 51.1 Å². The smallest absolute Gasteiger partial charge is 0.235 e. The van der Waals surface area contributed by atoms with Gasteiger partial charge in [-0.3, -0.25) is 4.79 Å². The molecule has 0 aromatic carbocycles. The molecule has 1 amide bonds. The lowest BCUT2D eigenvalue weighted by molar-refractivity contribution is -0.113. The molecule has 1 N–H and O–H groups in total. The number of nitrogens with zero attached hydrogens (tertiary/aromatic N) is 4. The summed E-state index contributed by atoms with van der Waals surface area (Å²) in [6, 6.07) is 4.46. The van der Waals surface area contributed by atoms with Crippen LogP contribution in [-0.4, -0.2) is 26.4 Å². The van der Waals surface area contributed by atoms with E-state index in [1.165, 1.54) is 21.5 Å². The molecule has 6 nitrogen and oxygen atoms in total. The highest BCUT2D eigenvalue weighted by molar-refractivity contribution is 7.99. The number of carbonyl (C=O) groups excluding carboxylic acids is 1. The highest BCUT2D eigenvalue weighted by Crippen LogP contribution is 2.39. The number of carbonyl (C=O) groups is 1. The zero-order chi connectivity index (χ0) is 22.1. The molecule has 1 aliphatic carbocycles. The van der Waals surface area contributed by atoms with E-state index < -0.39 is 0 Å². The van der Waals surface area contributed by atoms with Crippen molar-refractivity contribution in [1.29, 1.82) is 5.26 Å². The van der Waals surface area contributed by atoms with Gasteiger partial charge in [-0.1, -0.05) is 32.5 Å². The SMILES string of the molecule is CC1CCc2c(sc(NC(=O)CSc3nnc(-c4csc(C(C)C)c4)n3C)c2C#N)C1. The molecule has 9 heteroatoms. The van der Waals surface area contributed by atoms with Gasteiger partial charge in [0.25, 0.3) is 0 Å². The van der Waals surface area contributed by atoms with Crippen molar-refractivity contribution in [3.63, 3.8) is 0 Å². The average Bonchev–Trinajstić information content (AvgIpc) is 3.42. The van der Waals surface area contributed by atoms with Gasteiger partial charge in [-0.25, -0.2) is 0 Å². The lowest BCUT2D eigenvalue weighted by Crippen LogP contribution is -2.14. The molecule has 3 aromatic heterocycles. The molecule has 0 saturated heterocycles. The Hall–Kier alpha value is -2.15. The number of rotatable bonds is 6. The van der Waals surface area contributed by atoms with Gasteiger partial charge in [-0.05, 0) is 42.7 Å². The van der Waals surface area contributed by atoms with Crippen LogP contribution in [0.2, 0.25) is 0 Å². The molecule has 31 heavy (non-hydrogen) atoms. The summed E-state index contributed by atoms with van der Waals surface area (Å²) in [5, 5.41) is 24.6. The van der Waals surface area contributed by atoms with Gasteiger partial charge in [0.05, 0.1) is 11.3 Å². The van der Waals surface area contributed by atoms with E-state index >= 15 is 0 Å². The van der Waals surface area contributed by atoms with Gasteiger partial charge in [0.2, 0.25) is 5.91 Å². The first-order valence-electron chi connectivity index (χ1n) is 10.3. The molecule has 3 heterocycles. The van der Waals surface area contributed by atoms with Gasteiger partial charge >= 0.3 is 0 Å². The van der Waals surface area contributed by atoms with Crippen molar-refractivity contribution in [3.8, 4) is 17.5 Å². The van der Waals surface area contributed by atoms with E-state index in [4.69, 9.17) is 0 Å². The van der Waals surface area contributed by atoms with Gasteiger partial charge in [0.1, 0.15) is 11.1 Å². The Morgan fingerprint density at radius 1 is 1.45 bits per heavy atom. The number of anilines is 1. The number of thioether (sulfide) groups is 1.